The minimum Gasteiger partial charge on any atom is -0.493 e. The second-order valence-corrected chi connectivity index (χ2v) is 7.31. The van der Waals surface area contributed by atoms with Crippen molar-refractivity contribution in [2.45, 2.75) is 6.42 Å². The molecule has 0 amide bonds. The Bertz CT molecular complexity index is 1160. The zero-order valence-corrected chi connectivity index (χ0v) is 17.8. The topological polar surface area (TPSA) is 40.0 Å². The van der Waals surface area contributed by atoms with Gasteiger partial charge in [0.2, 0.25) is 0 Å². The Hall–Kier alpha value is -3.05. The number of methoxy groups -OCH3 is 2. The highest BCUT2D eigenvalue weighted by molar-refractivity contribution is 9.10. The van der Waals surface area contributed by atoms with E-state index in [9.17, 15) is 0 Å². The van der Waals surface area contributed by atoms with Gasteiger partial charge in [-0.05, 0) is 45.6 Å². The van der Waals surface area contributed by atoms with E-state index in [0.29, 0.717) is 29.4 Å². The van der Waals surface area contributed by atoms with Crippen molar-refractivity contribution < 1.29 is 14.2 Å². The lowest BCUT2D eigenvalue weighted by Crippen LogP contribution is -2.10. The molecule has 1 aliphatic heterocycles. The number of hydrogen-bond acceptors (Lipinski definition) is 4. The average molecular weight is 450 g/mol. The number of benzene rings is 3. The molecule has 0 radical (unpaired) electrons. The van der Waals surface area contributed by atoms with Gasteiger partial charge >= 0.3 is 0 Å². The summed E-state index contributed by atoms with van der Waals surface area (Å²) in [6.07, 6.45) is 2.63. The summed E-state index contributed by atoms with van der Waals surface area (Å²) >= 11 is 3.60. The number of allylic oxidation sites excluding steroid dienone is 2. The fourth-order valence-corrected chi connectivity index (χ4v) is 4.03. The number of hydrogen-bond donors (Lipinski definition) is 0. The van der Waals surface area contributed by atoms with E-state index in [-0.39, 0.29) is 0 Å². The Morgan fingerprint density at radius 1 is 1.00 bits per heavy atom. The van der Waals surface area contributed by atoms with Crippen LogP contribution in [0.2, 0.25) is 0 Å². The van der Waals surface area contributed by atoms with Gasteiger partial charge < -0.3 is 14.2 Å². The highest BCUT2D eigenvalue weighted by atomic mass is 79.9. The first-order chi connectivity index (χ1) is 14.1. The van der Waals surface area contributed by atoms with Crippen LogP contribution in [0.1, 0.15) is 12.0 Å². The zero-order chi connectivity index (χ0) is 20.4. The zero-order valence-electron chi connectivity index (χ0n) is 16.2. The molecule has 0 fully saturated rings. The normalized spacial score (nSPS) is 15.2. The summed E-state index contributed by atoms with van der Waals surface area (Å²) < 4.78 is 17.6. The SMILES string of the molecule is C=C1OC(c2ccc(OC)c(OC)c2Br)=CCC1=Nc1cccc2ccccc12. The van der Waals surface area contributed by atoms with Gasteiger partial charge in [-0.3, -0.25) is 0 Å². The molecule has 0 aromatic heterocycles. The molecule has 29 heavy (non-hydrogen) atoms. The number of ether oxygens (including phenoxy) is 3. The lowest BCUT2D eigenvalue weighted by Gasteiger charge is -2.21. The maximum Gasteiger partial charge on any atom is 0.175 e. The molecular formula is C24H20BrNO3. The van der Waals surface area contributed by atoms with Gasteiger partial charge in [0.25, 0.3) is 0 Å². The van der Waals surface area contributed by atoms with E-state index in [1.54, 1.807) is 14.2 Å². The van der Waals surface area contributed by atoms with Crippen LogP contribution in [-0.2, 0) is 4.74 Å². The number of halogens is 1. The summed E-state index contributed by atoms with van der Waals surface area (Å²) in [5, 5.41) is 2.26. The molecule has 0 bridgehead atoms. The van der Waals surface area contributed by atoms with Crippen LogP contribution in [0.5, 0.6) is 11.5 Å². The summed E-state index contributed by atoms with van der Waals surface area (Å²) in [6.45, 7) is 4.09. The molecule has 0 atom stereocenters. The van der Waals surface area contributed by atoms with Crippen molar-refractivity contribution >= 4 is 43.9 Å². The number of rotatable bonds is 4. The molecule has 0 unspecified atom stereocenters. The van der Waals surface area contributed by atoms with E-state index in [1.807, 2.05) is 42.5 Å². The molecule has 1 aliphatic rings. The quantitative estimate of drug-likeness (QED) is 0.446. The number of aliphatic imine (C=N–C) groups is 1. The second-order valence-electron chi connectivity index (χ2n) is 6.52. The van der Waals surface area contributed by atoms with Gasteiger partial charge in [-0.15, -0.1) is 0 Å². The minimum atomic E-state index is 0.539. The highest BCUT2D eigenvalue weighted by Crippen LogP contribution is 2.42. The standard InChI is InChI=1S/C24H20BrNO3/c1-15-19(26-20-10-6-8-16-7-4-5-9-17(16)20)12-14-21(29-15)18-11-13-22(27-2)24(28-3)23(18)25/h4-11,13-14H,1,12H2,2-3H3. The predicted octanol–water partition coefficient (Wildman–Crippen LogP) is 6.67. The van der Waals surface area contributed by atoms with Crippen molar-refractivity contribution in [2.75, 3.05) is 14.2 Å². The van der Waals surface area contributed by atoms with Gasteiger partial charge in [0, 0.05) is 17.4 Å². The summed E-state index contributed by atoms with van der Waals surface area (Å²) in [5.74, 6) is 2.52. The molecule has 5 heteroatoms. The molecule has 146 valence electrons. The Morgan fingerprint density at radius 3 is 2.55 bits per heavy atom. The van der Waals surface area contributed by atoms with Crippen molar-refractivity contribution in [3.8, 4) is 11.5 Å². The van der Waals surface area contributed by atoms with E-state index in [4.69, 9.17) is 19.2 Å². The van der Waals surface area contributed by atoms with Crippen molar-refractivity contribution in [3.05, 3.63) is 83.0 Å². The van der Waals surface area contributed by atoms with Crippen molar-refractivity contribution in [1.29, 1.82) is 0 Å². The van der Waals surface area contributed by atoms with Crippen LogP contribution < -0.4 is 9.47 Å². The Balaban J connectivity index is 1.68. The van der Waals surface area contributed by atoms with Crippen molar-refractivity contribution in [3.63, 3.8) is 0 Å². The summed E-state index contributed by atoms with van der Waals surface area (Å²) in [6, 6.07) is 18.1. The summed E-state index contributed by atoms with van der Waals surface area (Å²) in [5.41, 5.74) is 2.58. The van der Waals surface area contributed by atoms with E-state index < -0.39 is 0 Å². The Kier molecular flexibility index (Phi) is 5.41. The molecule has 3 aromatic rings. The van der Waals surface area contributed by atoms with E-state index in [1.165, 1.54) is 0 Å². The summed E-state index contributed by atoms with van der Waals surface area (Å²) in [4.78, 5) is 4.83. The highest BCUT2D eigenvalue weighted by Gasteiger charge is 2.21. The number of nitrogens with zero attached hydrogens (tertiary/aromatic N) is 1. The minimum absolute atomic E-state index is 0.539. The molecule has 4 nitrogen and oxygen atoms in total. The third-order valence-corrected chi connectivity index (χ3v) is 5.60. The first kappa shape index (κ1) is 19.3. The van der Waals surface area contributed by atoms with Gasteiger partial charge in [0.15, 0.2) is 11.5 Å². The van der Waals surface area contributed by atoms with Crippen LogP contribution in [0, 0.1) is 0 Å². The fourth-order valence-electron chi connectivity index (χ4n) is 3.34. The number of fused-ring (bicyclic) bond motifs is 1. The molecule has 1 heterocycles. The van der Waals surface area contributed by atoms with Crippen LogP contribution in [0.25, 0.3) is 16.5 Å². The maximum atomic E-state index is 6.03. The molecule has 0 N–H and O–H groups in total. The van der Waals surface area contributed by atoms with E-state index in [2.05, 4.69) is 40.7 Å². The first-order valence-electron chi connectivity index (χ1n) is 9.16. The molecule has 0 aliphatic carbocycles. The van der Waals surface area contributed by atoms with Crippen molar-refractivity contribution in [1.82, 2.24) is 0 Å². The average Bonchev–Trinajstić information content (AvgIpc) is 2.75. The van der Waals surface area contributed by atoms with Crippen molar-refractivity contribution in [2.24, 2.45) is 4.99 Å². The van der Waals surface area contributed by atoms with Crippen LogP contribution in [0.3, 0.4) is 0 Å². The van der Waals surface area contributed by atoms with E-state index >= 15 is 0 Å². The Labute approximate surface area is 178 Å². The molecular weight excluding hydrogens is 430 g/mol. The second kappa shape index (κ2) is 8.13. The molecule has 0 spiro atoms. The van der Waals surface area contributed by atoms with Gasteiger partial charge in [-0.25, -0.2) is 4.99 Å². The van der Waals surface area contributed by atoms with E-state index in [0.717, 1.165) is 32.2 Å². The summed E-state index contributed by atoms with van der Waals surface area (Å²) in [7, 11) is 3.22. The van der Waals surface area contributed by atoms with Gasteiger partial charge in [0.05, 0.1) is 30.1 Å². The van der Waals surface area contributed by atoms with Gasteiger partial charge in [0.1, 0.15) is 11.5 Å². The third-order valence-electron chi connectivity index (χ3n) is 4.81. The molecule has 0 saturated carbocycles. The predicted molar refractivity (Wildman–Crippen MR) is 121 cm³/mol. The maximum absolute atomic E-state index is 6.03. The third kappa shape index (κ3) is 3.66. The van der Waals surface area contributed by atoms with Gasteiger partial charge in [-0.2, -0.15) is 0 Å². The smallest absolute Gasteiger partial charge is 0.175 e. The van der Waals surface area contributed by atoms with Gasteiger partial charge in [-0.1, -0.05) is 43.0 Å². The van der Waals surface area contributed by atoms with Crippen LogP contribution in [0.4, 0.5) is 5.69 Å². The largest absolute Gasteiger partial charge is 0.493 e. The molecule has 4 rings (SSSR count). The fraction of sp³-hybridized carbons (Fsp3) is 0.125. The van der Waals surface area contributed by atoms with Crippen LogP contribution in [0.15, 0.2) is 82.5 Å². The monoisotopic (exact) mass is 449 g/mol. The molecule has 0 saturated heterocycles. The van der Waals surface area contributed by atoms with Crippen LogP contribution in [-0.4, -0.2) is 19.9 Å². The first-order valence-corrected chi connectivity index (χ1v) is 9.95. The Morgan fingerprint density at radius 2 is 1.79 bits per heavy atom. The lowest BCUT2D eigenvalue weighted by atomic mass is 10.1. The lowest BCUT2D eigenvalue weighted by molar-refractivity contribution is 0.352. The molecule has 3 aromatic carbocycles. The van der Waals surface area contributed by atoms with Crippen LogP contribution >= 0.6 is 15.9 Å².